The Kier molecular flexibility index (Phi) is 4.26. The van der Waals surface area contributed by atoms with E-state index < -0.39 is 6.09 Å². The first-order valence-corrected chi connectivity index (χ1v) is 10.0. The van der Waals surface area contributed by atoms with Crippen molar-refractivity contribution >= 4 is 23.4 Å². The van der Waals surface area contributed by atoms with Crippen molar-refractivity contribution in [3.05, 3.63) is 48.2 Å². The summed E-state index contributed by atoms with van der Waals surface area (Å²) >= 11 is 0. The molecule has 2 fully saturated rings. The van der Waals surface area contributed by atoms with Gasteiger partial charge in [0.1, 0.15) is 11.4 Å². The van der Waals surface area contributed by atoms with E-state index in [9.17, 15) is 9.59 Å². The van der Waals surface area contributed by atoms with Crippen LogP contribution in [0.15, 0.2) is 42.5 Å². The lowest BCUT2D eigenvalue weighted by atomic mass is 10.1. The Labute approximate surface area is 164 Å². The van der Waals surface area contributed by atoms with Crippen LogP contribution < -0.4 is 14.5 Å². The lowest BCUT2D eigenvalue weighted by Crippen LogP contribution is -2.47. The van der Waals surface area contributed by atoms with E-state index in [-0.39, 0.29) is 11.8 Å². The number of rotatable bonds is 5. The van der Waals surface area contributed by atoms with Gasteiger partial charge in [0.25, 0.3) is 0 Å². The summed E-state index contributed by atoms with van der Waals surface area (Å²) in [7, 11) is 0. The van der Waals surface area contributed by atoms with Crippen LogP contribution in [0.25, 0.3) is 0 Å². The largest absolute Gasteiger partial charge is 0.421 e. The summed E-state index contributed by atoms with van der Waals surface area (Å²) < 4.78 is 5.59. The standard InChI is InChI=1S/C22H23N3O3/c26-20(11-8-15-6-7-15)18-9-10-19-21(23-18)25(16-12-13-24(19)14-16)22(27)28-17-4-2-1-3-5-17/h1-5,9-10,15-16H,6-8,11-14H2/t16-/m0/s1. The highest BCUT2D eigenvalue weighted by molar-refractivity contribution is 5.98. The van der Waals surface area contributed by atoms with Crippen molar-refractivity contribution < 1.29 is 14.3 Å². The summed E-state index contributed by atoms with van der Waals surface area (Å²) in [6.45, 7) is 1.65. The number of anilines is 2. The lowest BCUT2D eigenvalue weighted by molar-refractivity contribution is 0.0973. The predicted molar refractivity (Wildman–Crippen MR) is 106 cm³/mol. The van der Waals surface area contributed by atoms with E-state index in [4.69, 9.17) is 4.74 Å². The second-order valence-corrected chi connectivity index (χ2v) is 7.88. The van der Waals surface area contributed by atoms with Crippen LogP contribution in [-0.2, 0) is 0 Å². The van der Waals surface area contributed by atoms with Gasteiger partial charge in [-0.25, -0.2) is 9.78 Å². The normalized spacial score (nSPS) is 20.1. The smallest absolute Gasteiger partial charge is 0.410 e. The van der Waals surface area contributed by atoms with E-state index >= 15 is 0 Å². The van der Waals surface area contributed by atoms with Crippen molar-refractivity contribution in [1.29, 1.82) is 0 Å². The Morgan fingerprint density at radius 1 is 1.07 bits per heavy atom. The Morgan fingerprint density at radius 3 is 2.68 bits per heavy atom. The molecule has 6 nitrogen and oxygen atoms in total. The van der Waals surface area contributed by atoms with E-state index in [1.807, 2.05) is 24.3 Å². The number of benzene rings is 1. The molecule has 1 amide bonds. The number of pyridine rings is 1. The van der Waals surface area contributed by atoms with E-state index in [2.05, 4.69) is 9.88 Å². The Hall–Kier alpha value is -2.89. The van der Waals surface area contributed by atoms with Gasteiger partial charge < -0.3 is 9.64 Å². The number of hydrogen-bond donors (Lipinski definition) is 0. The summed E-state index contributed by atoms with van der Waals surface area (Å²) in [5, 5.41) is 0. The third-order valence-corrected chi connectivity index (χ3v) is 5.86. The number of carbonyl (C=O) groups excluding carboxylic acids is 2. The maximum Gasteiger partial charge on any atom is 0.421 e. The van der Waals surface area contributed by atoms with Crippen molar-refractivity contribution in [2.45, 2.75) is 38.1 Å². The highest BCUT2D eigenvalue weighted by Crippen LogP contribution is 2.39. The number of carbonyl (C=O) groups is 2. The molecule has 1 saturated carbocycles. The first kappa shape index (κ1) is 17.2. The number of para-hydroxylation sites is 1. The molecule has 2 aromatic rings. The minimum Gasteiger partial charge on any atom is -0.410 e. The highest BCUT2D eigenvalue weighted by Gasteiger charge is 2.41. The number of ether oxygens (including phenoxy) is 1. The molecule has 0 N–H and O–H groups in total. The molecule has 1 aliphatic carbocycles. The van der Waals surface area contributed by atoms with Crippen LogP contribution in [0.4, 0.5) is 16.3 Å². The summed E-state index contributed by atoms with van der Waals surface area (Å²) in [6, 6.07) is 12.8. The molecule has 1 aromatic carbocycles. The van der Waals surface area contributed by atoms with E-state index in [1.54, 1.807) is 23.1 Å². The molecular formula is C22H23N3O3. The molecule has 2 aliphatic heterocycles. The van der Waals surface area contributed by atoms with Crippen molar-refractivity contribution in [3.8, 4) is 5.75 Å². The second kappa shape index (κ2) is 6.93. The van der Waals surface area contributed by atoms with E-state index in [1.165, 1.54) is 12.8 Å². The highest BCUT2D eigenvalue weighted by atomic mass is 16.6. The van der Waals surface area contributed by atoms with Crippen LogP contribution in [-0.4, -0.2) is 36.0 Å². The van der Waals surface area contributed by atoms with Crippen LogP contribution in [0.5, 0.6) is 5.75 Å². The van der Waals surface area contributed by atoms with Gasteiger partial charge in [0.05, 0.1) is 11.7 Å². The zero-order valence-corrected chi connectivity index (χ0v) is 15.7. The molecule has 3 heterocycles. The number of amides is 1. The molecule has 3 aliphatic rings. The number of ketones is 1. The molecular weight excluding hydrogens is 354 g/mol. The zero-order valence-electron chi connectivity index (χ0n) is 15.7. The SMILES string of the molecule is O=C(CCC1CC1)c1ccc2c(n1)N(C(=O)Oc1ccccc1)[C@H]1CCN2C1. The third-order valence-electron chi connectivity index (χ3n) is 5.86. The van der Waals surface area contributed by atoms with Gasteiger partial charge in [0, 0.05) is 19.5 Å². The van der Waals surface area contributed by atoms with Crippen molar-refractivity contribution in [2.24, 2.45) is 5.92 Å². The number of Topliss-reactive ketones (excluding diaryl/α,β-unsaturated/α-hetero) is 1. The van der Waals surface area contributed by atoms with Crippen LogP contribution >= 0.6 is 0 Å². The van der Waals surface area contributed by atoms with E-state index in [0.29, 0.717) is 29.6 Å². The van der Waals surface area contributed by atoms with Gasteiger partial charge in [0.15, 0.2) is 11.6 Å². The Morgan fingerprint density at radius 2 is 1.89 bits per heavy atom. The van der Waals surface area contributed by atoms with E-state index in [0.717, 1.165) is 31.6 Å². The molecule has 0 unspecified atom stereocenters. The first-order valence-electron chi connectivity index (χ1n) is 10.0. The molecule has 1 atom stereocenters. The maximum absolute atomic E-state index is 13.0. The summed E-state index contributed by atoms with van der Waals surface area (Å²) in [6.07, 6.45) is 4.37. The van der Waals surface area contributed by atoms with Gasteiger partial charge in [-0.2, -0.15) is 0 Å². The minimum absolute atomic E-state index is 0.0213. The van der Waals surface area contributed by atoms with Gasteiger partial charge >= 0.3 is 6.09 Å². The summed E-state index contributed by atoms with van der Waals surface area (Å²) in [4.78, 5) is 34.1. The van der Waals surface area contributed by atoms with Crippen molar-refractivity contribution in [1.82, 2.24) is 4.98 Å². The number of nitrogens with zero attached hydrogens (tertiary/aromatic N) is 3. The summed E-state index contributed by atoms with van der Waals surface area (Å²) in [5.74, 6) is 1.82. The topological polar surface area (TPSA) is 62.7 Å². The fourth-order valence-corrected chi connectivity index (χ4v) is 4.11. The van der Waals surface area contributed by atoms with Crippen LogP contribution in [0.3, 0.4) is 0 Å². The monoisotopic (exact) mass is 377 g/mol. The Bertz CT molecular complexity index is 910. The third kappa shape index (κ3) is 3.23. The van der Waals surface area contributed by atoms with Crippen molar-refractivity contribution in [2.75, 3.05) is 22.9 Å². The van der Waals surface area contributed by atoms with Gasteiger partial charge in [-0.1, -0.05) is 31.0 Å². The van der Waals surface area contributed by atoms with Gasteiger partial charge in [-0.15, -0.1) is 0 Å². The maximum atomic E-state index is 13.0. The number of fused-ring (bicyclic) bond motifs is 4. The minimum atomic E-state index is -0.436. The lowest BCUT2D eigenvalue weighted by Gasteiger charge is -2.35. The molecule has 0 spiro atoms. The zero-order chi connectivity index (χ0) is 19.1. The molecule has 6 heteroatoms. The Balaban J connectivity index is 1.43. The average molecular weight is 377 g/mol. The molecule has 1 saturated heterocycles. The van der Waals surface area contributed by atoms with Crippen LogP contribution in [0, 0.1) is 5.92 Å². The fourth-order valence-electron chi connectivity index (χ4n) is 4.11. The fraction of sp³-hybridized carbons (Fsp3) is 0.409. The number of hydrogen-bond acceptors (Lipinski definition) is 5. The molecule has 144 valence electrons. The average Bonchev–Trinajstić information content (AvgIpc) is 3.46. The van der Waals surface area contributed by atoms with Gasteiger partial charge in [-0.05, 0) is 43.0 Å². The van der Waals surface area contributed by atoms with Gasteiger partial charge in [0.2, 0.25) is 0 Å². The van der Waals surface area contributed by atoms with Crippen LogP contribution in [0.1, 0.15) is 42.6 Å². The predicted octanol–water partition coefficient (Wildman–Crippen LogP) is 4.05. The first-order chi connectivity index (χ1) is 13.7. The quantitative estimate of drug-likeness (QED) is 0.736. The number of aromatic nitrogens is 1. The molecule has 28 heavy (non-hydrogen) atoms. The van der Waals surface area contributed by atoms with Gasteiger partial charge in [-0.3, -0.25) is 9.69 Å². The summed E-state index contributed by atoms with van der Waals surface area (Å²) in [5.41, 5.74) is 1.34. The molecule has 2 bridgehead atoms. The molecule has 1 aromatic heterocycles. The second-order valence-electron chi connectivity index (χ2n) is 7.88. The van der Waals surface area contributed by atoms with Crippen LogP contribution in [0.2, 0.25) is 0 Å². The molecule has 0 radical (unpaired) electrons. The molecule has 5 rings (SSSR count). The van der Waals surface area contributed by atoms with Crippen molar-refractivity contribution in [3.63, 3.8) is 0 Å².